The highest BCUT2D eigenvalue weighted by Crippen LogP contribution is 2.12. The monoisotopic (exact) mass is 298 g/mol. The van der Waals surface area contributed by atoms with Crippen molar-refractivity contribution in [2.45, 2.75) is 45.1 Å². The molecule has 4 nitrogen and oxygen atoms in total. The van der Waals surface area contributed by atoms with Crippen molar-refractivity contribution < 1.29 is 8.42 Å². The molecule has 0 saturated carbocycles. The van der Waals surface area contributed by atoms with Gasteiger partial charge in [-0.15, -0.1) is 0 Å². The first-order valence-electron chi connectivity index (χ1n) is 7.25. The normalized spacial score (nSPS) is 12.0. The Morgan fingerprint density at radius 1 is 1.25 bits per heavy atom. The second kappa shape index (κ2) is 8.39. The summed E-state index contributed by atoms with van der Waals surface area (Å²) in [6.45, 7) is 8.35. The largest absolute Gasteiger partial charge is 0.313 e. The molecule has 1 aromatic carbocycles. The number of rotatable bonds is 9. The summed E-state index contributed by atoms with van der Waals surface area (Å²) in [5.74, 6) is 0.600. The van der Waals surface area contributed by atoms with Crippen molar-refractivity contribution in [1.29, 1.82) is 0 Å². The molecule has 114 valence electrons. The molecule has 2 N–H and O–H groups in total. The summed E-state index contributed by atoms with van der Waals surface area (Å²) < 4.78 is 27.0. The number of benzene rings is 1. The van der Waals surface area contributed by atoms with E-state index in [4.69, 9.17) is 0 Å². The van der Waals surface area contributed by atoms with Gasteiger partial charge in [0.05, 0.1) is 4.90 Å². The summed E-state index contributed by atoms with van der Waals surface area (Å²) >= 11 is 0. The summed E-state index contributed by atoms with van der Waals surface area (Å²) in [6, 6.07) is 7.09. The zero-order valence-corrected chi connectivity index (χ0v) is 13.5. The quantitative estimate of drug-likeness (QED) is 0.689. The average Bonchev–Trinajstić information content (AvgIpc) is 2.41. The fourth-order valence-corrected chi connectivity index (χ4v) is 3.04. The zero-order chi connectivity index (χ0) is 15.0. The Morgan fingerprint density at radius 2 is 2.00 bits per heavy atom. The third-order valence-electron chi connectivity index (χ3n) is 3.04. The van der Waals surface area contributed by atoms with Gasteiger partial charge in [0.15, 0.2) is 0 Å². The van der Waals surface area contributed by atoms with Gasteiger partial charge in [-0.3, -0.25) is 0 Å². The van der Waals surface area contributed by atoms with Gasteiger partial charge in [-0.2, -0.15) is 0 Å². The lowest BCUT2D eigenvalue weighted by Gasteiger charge is -2.09. The summed E-state index contributed by atoms with van der Waals surface area (Å²) in [5, 5.41) is 3.19. The van der Waals surface area contributed by atoms with E-state index in [1.165, 1.54) is 0 Å². The van der Waals surface area contributed by atoms with Crippen LogP contribution in [0.4, 0.5) is 0 Å². The fourth-order valence-electron chi connectivity index (χ4n) is 1.89. The van der Waals surface area contributed by atoms with E-state index < -0.39 is 10.0 Å². The third kappa shape index (κ3) is 6.03. The summed E-state index contributed by atoms with van der Waals surface area (Å²) in [5.41, 5.74) is 0.983. The van der Waals surface area contributed by atoms with Gasteiger partial charge in [-0.25, -0.2) is 13.1 Å². The average molecular weight is 298 g/mol. The molecule has 0 aliphatic heterocycles. The van der Waals surface area contributed by atoms with Crippen molar-refractivity contribution in [1.82, 2.24) is 10.0 Å². The van der Waals surface area contributed by atoms with Gasteiger partial charge in [-0.05, 0) is 43.0 Å². The number of hydrogen-bond acceptors (Lipinski definition) is 3. The Morgan fingerprint density at radius 3 is 2.65 bits per heavy atom. The van der Waals surface area contributed by atoms with E-state index >= 15 is 0 Å². The zero-order valence-electron chi connectivity index (χ0n) is 12.6. The summed E-state index contributed by atoms with van der Waals surface area (Å²) in [4.78, 5) is 0.345. The molecule has 0 heterocycles. The van der Waals surface area contributed by atoms with E-state index in [1.54, 1.807) is 18.2 Å². The van der Waals surface area contributed by atoms with Crippen LogP contribution in [-0.2, 0) is 16.6 Å². The van der Waals surface area contributed by atoms with Gasteiger partial charge < -0.3 is 5.32 Å². The van der Waals surface area contributed by atoms with Crippen LogP contribution >= 0.6 is 0 Å². The maximum atomic E-state index is 12.2. The van der Waals surface area contributed by atoms with Gasteiger partial charge in [0.1, 0.15) is 0 Å². The Kier molecular flexibility index (Phi) is 7.19. The molecule has 20 heavy (non-hydrogen) atoms. The molecule has 0 aliphatic carbocycles. The van der Waals surface area contributed by atoms with Crippen LogP contribution in [0.15, 0.2) is 29.2 Å². The van der Waals surface area contributed by atoms with Gasteiger partial charge in [0.25, 0.3) is 0 Å². The minimum absolute atomic E-state index is 0.345. The molecule has 0 aliphatic rings. The smallest absolute Gasteiger partial charge is 0.240 e. The van der Waals surface area contributed by atoms with Crippen molar-refractivity contribution in [3.63, 3.8) is 0 Å². The van der Waals surface area contributed by atoms with Crippen LogP contribution in [0.2, 0.25) is 0 Å². The fraction of sp³-hybridized carbons (Fsp3) is 0.600. The summed E-state index contributed by atoms with van der Waals surface area (Å²) in [7, 11) is -3.38. The predicted molar refractivity (Wildman–Crippen MR) is 83.1 cm³/mol. The van der Waals surface area contributed by atoms with Gasteiger partial charge in [-0.1, -0.05) is 32.9 Å². The minimum atomic E-state index is -3.38. The second-order valence-electron chi connectivity index (χ2n) is 5.36. The minimum Gasteiger partial charge on any atom is -0.313 e. The van der Waals surface area contributed by atoms with Gasteiger partial charge in [0.2, 0.25) is 10.0 Å². The second-order valence-corrected chi connectivity index (χ2v) is 7.13. The van der Waals surface area contributed by atoms with Crippen LogP contribution in [0.25, 0.3) is 0 Å². The van der Waals surface area contributed by atoms with Crippen LogP contribution in [-0.4, -0.2) is 21.5 Å². The van der Waals surface area contributed by atoms with Crippen LogP contribution in [0.1, 0.15) is 39.2 Å². The van der Waals surface area contributed by atoms with Crippen LogP contribution in [0.5, 0.6) is 0 Å². The maximum absolute atomic E-state index is 12.2. The Balaban J connectivity index is 2.62. The molecule has 0 amide bonds. The van der Waals surface area contributed by atoms with Gasteiger partial charge in [0, 0.05) is 13.1 Å². The van der Waals surface area contributed by atoms with E-state index in [0.29, 0.717) is 23.9 Å². The molecule has 0 spiro atoms. The molecule has 0 aromatic heterocycles. The lowest BCUT2D eigenvalue weighted by molar-refractivity contribution is 0.540. The first-order chi connectivity index (χ1) is 9.45. The van der Waals surface area contributed by atoms with Crippen molar-refractivity contribution in [2.75, 3.05) is 13.1 Å². The van der Waals surface area contributed by atoms with Crippen molar-refractivity contribution in [3.8, 4) is 0 Å². The highest BCUT2D eigenvalue weighted by molar-refractivity contribution is 7.89. The molecule has 0 atom stereocenters. The molecular formula is C15H26N2O2S. The summed E-state index contributed by atoms with van der Waals surface area (Å²) in [6.07, 6.45) is 1.90. The molecule has 0 unspecified atom stereocenters. The lowest BCUT2D eigenvalue weighted by Crippen LogP contribution is -2.25. The Bertz CT molecular complexity index is 498. The van der Waals surface area contributed by atoms with Gasteiger partial charge >= 0.3 is 0 Å². The van der Waals surface area contributed by atoms with E-state index in [0.717, 1.165) is 24.9 Å². The third-order valence-corrected chi connectivity index (χ3v) is 4.50. The molecule has 5 heteroatoms. The molecule has 0 fully saturated rings. The maximum Gasteiger partial charge on any atom is 0.240 e. The number of sulfonamides is 1. The standard InChI is InChI=1S/C15H26N2O2S/c1-4-16-12-14-8-5-9-15(11-14)20(18,19)17-10-6-7-13(2)3/h5,8-9,11,13,16-17H,4,6-7,10,12H2,1-3H3. The molecule has 0 bridgehead atoms. The number of nitrogens with one attached hydrogen (secondary N) is 2. The Hall–Kier alpha value is -0.910. The molecule has 0 saturated heterocycles. The van der Waals surface area contributed by atoms with Crippen molar-refractivity contribution in [3.05, 3.63) is 29.8 Å². The van der Waals surface area contributed by atoms with E-state index in [9.17, 15) is 8.42 Å². The van der Waals surface area contributed by atoms with Crippen molar-refractivity contribution in [2.24, 2.45) is 5.92 Å². The van der Waals surface area contributed by atoms with Crippen LogP contribution in [0, 0.1) is 5.92 Å². The van der Waals surface area contributed by atoms with Crippen LogP contribution < -0.4 is 10.0 Å². The topological polar surface area (TPSA) is 58.2 Å². The highest BCUT2D eigenvalue weighted by atomic mass is 32.2. The Labute approximate surface area is 123 Å². The van der Waals surface area contributed by atoms with E-state index in [-0.39, 0.29) is 0 Å². The SMILES string of the molecule is CCNCc1cccc(S(=O)(=O)NCCCC(C)C)c1. The molecule has 1 aromatic rings. The number of hydrogen-bond donors (Lipinski definition) is 2. The highest BCUT2D eigenvalue weighted by Gasteiger charge is 2.13. The van der Waals surface area contributed by atoms with E-state index in [2.05, 4.69) is 23.9 Å². The first kappa shape index (κ1) is 17.1. The first-order valence-corrected chi connectivity index (χ1v) is 8.73. The molecule has 1 rings (SSSR count). The molecular weight excluding hydrogens is 272 g/mol. The molecule has 0 radical (unpaired) electrons. The predicted octanol–water partition coefficient (Wildman–Crippen LogP) is 2.51. The van der Waals surface area contributed by atoms with Crippen LogP contribution in [0.3, 0.4) is 0 Å². The van der Waals surface area contributed by atoms with E-state index in [1.807, 2.05) is 13.0 Å². The lowest BCUT2D eigenvalue weighted by atomic mass is 10.1. The van der Waals surface area contributed by atoms with Crippen molar-refractivity contribution >= 4 is 10.0 Å².